The fourth-order valence-corrected chi connectivity index (χ4v) is 4.21. The van der Waals surface area contributed by atoms with Gasteiger partial charge < -0.3 is 11.1 Å². The Labute approximate surface area is 165 Å². The molecule has 28 heavy (non-hydrogen) atoms. The van der Waals surface area contributed by atoms with Gasteiger partial charge in [0, 0.05) is 23.3 Å². The molecule has 5 aromatic rings. The number of nitrogens with two attached hydrogens (primary N) is 1. The van der Waals surface area contributed by atoms with Gasteiger partial charge in [0.15, 0.2) is 0 Å². The van der Waals surface area contributed by atoms with Crippen LogP contribution in [0.5, 0.6) is 0 Å². The van der Waals surface area contributed by atoms with E-state index in [4.69, 9.17) is 5.73 Å². The third kappa shape index (κ3) is 3.10. The minimum Gasteiger partial charge on any atom is -0.382 e. The number of nitrogens with one attached hydrogen (secondary N) is 2. The van der Waals surface area contributed by atoms with Crippen LogP contribution in [0.15, 0.2) is 79.1 Å². The highest BCUT2D eigenvalue weighted by Crippen LogP contribution is 2.37. The van der Waals surface area contributed by atoms with Crippen LogP contribution in [0.1, 0.15) is 0 Å². The summed E-state index contributed by atoms with van der Waals surface area (Å²) >= 11 is 1.66. The maximum absolute atomic E-state index is 5.73. The minimum atomic E-state index is 0.488. The number of H-pyrrole nitrogens is 1. The molecule has 0 aliphatic carbocycles. The standard InChI is InChI=1S/C22H17N5S/c23-22-11-18(26-27-22)20-10-17-19(12-24-13-21(17)28-20)25-16-8-6-15(7-9-16)14-4-2-1-3-5-14/h1-13,25H,(H3,23,26,27). The Morgan fingerprint density at radius 1 is 0.893 bits per heavy atom. The van der Waals surface area contributed by atoms with Crippen molar-refractivity contribution >= 4 is 38.6 Å². The number of hydrogen-bond donors (Lipinski definition) is 3. The van der Waals surface area contributed by atoms with E-state index >= 15 is 0 Å². The van der Waals surface area contributed by atoms with E-state index in [0.29, 0.717) is 5.82 Å². The number of anilines is 3. The Kier molecular flexibility index (Phi) is 4.03. The van der Waals surface area contributed by atoms with Crippen molar-refractivity contribution < 1.29 is 0 Å². The van der Waals surface area contributed by atoms with Gasteiger partial charge in [0.2, 0.25) is 0 Å². The topological polar surface area (TPSA) is 79.6 Å². The van der Waals surface area contributed by atoms with Crippen molar-refractivity contribution in [2.45, 2.75) is 0 Å². The van der Waals surface area contributed by atoms with Gasteiger partial charge in [0.25, 0.3) is 0 Å². The molecule has 5 rings (SSSR count). The fourth-order valence-electron chi connectivity index (χ4n) is 3.19. The van der Waals surface area contributed by atoms with E-state index < -0.39 is 0 Å². The molecule has 0 saturated heterocycles. The molecule has 4 N–H and O–H groups in total. The molecule has 0 spiro atoms. The highest BCUT2D eigenvalue weighted by atomic mass is 32.1. The molecule has 0 saturated carbocycles. The zero-order valence-electron chi connectivity index (χ0n) is 14.9. The maximum Gasteiger partial charge on any atom is 0.145 e. The molecular weight excluding hydrogens is 366 g/mol. The predicted molar refractivity (Wildman–Crippen MR) is 117 cm³/mol. The summed E-state index contributed by atoms with van der Waals surface area (Å²) in [4.78, 5) is 5.46. The largest absolute Gasteiger partial charge is 0.382 e. The van der Waals surface area contributed by atoms with Crippen molar-refractivity contribution in [3.05, 3.63) is 79.1 Å². The van der Waals surface area contributed by atoms with Crippen LogP contribution < -0.4 is 11.1 Å². The van der Waals surface area contributed by atoms with E-state index in [2.05, 4.69) is 75.1 Å². The zero-order valence-corrected chi connectivity index (χ0v) is 15.7. The minimum absolute atomic E-state index is 0.488. The average Bonchev–Trinajstić information content (AvgIpc) is 3.36. The molecule has 0 aliphatic heterocycles. The van der Waals surface area contributed by atoms with Crippen LogP contribution >= 0.6 is 11.3 Å². The first kappa shape index (κ1) is 16.5. The highest BCUT2D eigenvalue weighted by molar-refractivity contribution is 7.22. The maximum atomic E-state index is 5.73. The Hall–Kier alpha value is -3.64. The summed E-state index contributed by atoms with van der Waals surface area (Å²) in [6.45, 7) is 0. The SMILES string of the molecule is Nc1cc(-c2cc3c(Nc4ccc(-c5ccccc5)cc4)cncc3s2)[nH]n1. The number of fused-ring (bicyclic) bond motifs is 1. The number of benzene rings is 2. The lowest BCUT2D eigenvalue weighted by atomic mass is 10.1. The molecule has 136 valence electrons. The lowest BCUT2D eigenvalue weighted by Crippen LogP contribution is -1.91. The summed E-state index contributed by atoms with van der Waals surface area (Å²) < 4.78 is 1.11. The van der Waals surface area contributed by atoms with Crippen LogP contribution in [0, 0.1) is 0 Å². The van der Waals surface area contributed by atoms with Crippen molar-refractivity contribution in [2.24, 2.45) is 0 Å². The summed E-state index contributed by atoms with van der Waals surface area (Å²) in [5, 5.41) is 11.6. The van der Waals surface area contributed by atoms with Gasteiger partial charge in [-0.1, -0.05) is 42.5 Å². The van der Waals surface area contributed by atoms with Crippen molar-refractivity contribution in [3.63, 3.8) is 0 Å². The second kappa shape index (κ2) is 6.83. The van der Waals surface area contributed by atoms with E-state index in [1.165, 1.54) is 11.1 Å². The van der Waals surface area contributed by atoms with Crippen LogP contribution in [0.25, 0.3) is 31.8 Å². The number of pyridine rings is 1. The van der Waals surface area contributed by atoms with Gasteiger partial charge in [-0.3, -0.25) is 10.1 Å². The Morgan fingerprint density at radius 2 is 1.68 bits per heavy atom. The molecule has 0 bridgehead atoms. The summed E-state index contributed by atoms with van der Waals surface area (Å²) in [7, 11) is 0. The monoisotopic (exact) mass is 383 g/mol. The molecule has 5 nitrogen and oxygen atoms in total. The first-order valence-corrected chi connectivity index (χ1v) is 9.69. The van der Waals surface area contributed by atoms with Crippen LogP contribution in [0.2, 0.25) is 0 Å². The Balaban J connectivity index is 1.46. The van der Waals surface area contributed by atoms with Gasteiger partial charge in [0.05, 0.1) is 27.2 Å². The third-order valence-corrected chi connectivity index (χ3v) is 5.68. The number of aromatic nitrogens is 3. The fraction of sp³-hybridized carbons (Fsp3) is 0. The van der Waals surface area contributed by atoms with Crippen molar-refractivity contribution in [2.75, 3.05) is 11.1 Å². The summed E-state index contributed by atoms with van der Waals surface area (Å²) in [5.74, 6) is 0.488. The highest BCUT2D eigenvalue weighted by Gasteiger charge is 2.10. The van der Waals surface area contributed by atoms with Crippen molar-refractivity contribution in [1.82, 2.24) is 15.2 Å². The number of nitrogen functional groups attached to an aromatic ring is 1. The van der Waals surface area contributed by atoms with Crippen LogP contribution in [-0.2, 0) is 0 Å². The van der Waals surface area contributed by atoms with Gasteiger partial charge in [0.1, 0.15) is 5.82 Å². The molecule has 3 heterocycles. The lowest BCUT2D eigenvalue weighted by Gasteiger charge is -2.08. The van der Waals surface area contributed by atoms with E-state index in [0.717, 1.165) is 32.0 Å². The van der Waals surface area contributed by atoms with Crippen LogP contribution in [0.4, 0.5) is 17.2 Å². The second-order valence-corrected chi connectivity index (χ2v) is 7.57. The summed E-state index contributed by atoms with van der Waals surface area (Å²) in [6.07, 6.45) is 3.73. The van der Waals surface area contributed by atoms with Crippen molar-refractivity contribution in [3.8, 4) is 21.7 Å². The first-order chi connectivity index (χ1) is 13.8. The predicted octanol–water partition coefficient (Wildman–Crippen LogP) is 5.68. The summed E-state index contributed by atoms with van der Waals surface area (Å²) in [6, 6.07) is 22.8. The molecule has 0 radical (unpaired) electrons. The van der Waals surface area contributed by atoms with Gasteiger partial charge in [-0.2, -0.15) is 5.10 Å². The Bertz CT molecular complexity index is 1240. The molecule has 6 heteroatoms. The number of hydrogen-bond acceptors (Lipinski definition) is 5. The van der Waals surface area contributed by atoms with E-state index in [1.54, 1.807) is 11.3 Å². The number of aromatic amines is 1. The molecule has 2 aromatic carbocycles. The van der Waals surface area contributed by atoms with Gasteiger partial charge >= 0.3 is 0 Å². The molecule has 0 amide bonds. The molecule has 0 atom stereocenters. The second-order valence-electron chi connectivity index (χ2n) is 6.48. The summed E-state index contributed by atoms with van der Waals surface area (Å²) in [5.41, 5.74) is 11.0. The van der Waals surface area contributed by atoms with E-state index in [1.807, 2.05) is 24.5 Å². The molecule has 0 unspecified atom stereocenters. The van der Waals surface area contributed by atoms with Crippen molar-refractivity contribution in [1.29, 1.82) is 0 Å². The normalized spacial score (nSPS) is 11.0. The quantitative estimate of drug-likeness (QED) is 0.373. The van der Waals surface area contributed by atoms with Gasteiger partial charge in [-0.05, 0) is 29.3 Å². The van der Waals surface area contributed by atoms with Crippen LogP contribution in [-0.4, -0.2) is 15.2 Å². The first-order valence-electron chi connectivity index (χ1n) is 8.87. The molecule has 0 fully saturated rings. The average molecular weight is 383 g/mol. The van der Waals surface area contributed by atoms with Gasteiger partial charge in [-0.25, -0.2) is 0 Å². The number of thiophene rings is 1. The number of rotatable bonds is 4. The molecule has 0 aliphatic rings. The molecular formula is C22H17N5S. The lowest BCUT2D eigenvalue weighted by molar-refractivity contribution is 1.11. The smallest absolute Gasteiger partial charge is 0.145 e. The third-order valence-electron chi connectivity index (χ3n) is 4.58. The Morgan fingerprint density at radius 3 is 2.43 bits per heavy atom. The van der Waals surface area contributed by atoms with E-state index in [9.17, 15) is 0 Å². The zero-order chi connectivity index (χ0) is 18.9. The van der Waals surface area contributed by atoms with E-state index in [-0.39, 0.29) is 0 Å². The van der Waals surface area contributed by atoms with Crippen LogP contribution in [0.3, 0.4) is 0 Å². The number of nitrogens with zero attached hydrogens (tertiary/aromatic N) is 2. The van der Waals surface area contributed by atoms with Gasteiger partial charge in [-0.15, -0.1) is 11.3 Å². The molecule has 3 aromatic heterocycles.